The number of halogens is 4. The van der Waals surface area contributed by atoms with Crippen molar-refractivity contribution in [3.8, 4) is 0 Å². The van der Waals surface area contributed by atoms with Crippen molar-refractivity contribution >= 4 is 21.6 Å². The molecule has 10 heteroatoms. The fraction of sp³-hybridized carbons (Fsp3) is 0.350. The molecule has 0 aromatic heterocycles. The lowest BCUT2D eigenvalue weighted by Crippen LogP contribution is -2.44. The first-order valence-electron chi connectivity index (χ1n) is 9.25. The molecule has 1 atom stereocenters. The van der Waals surface area contributed by atoms with Crippen LogP contribution in [-0.2, 0) is 26.7 Å². The molecular formula is C20H20F4N2O3S. The Morgan fingerprint density at radius 1 is 1.07 bits per heavy atom. The van der Waals surface area contributed by atoms with Crippen LogP contribution in [0.1, 0.15) is 24.0 Å². The van der Waals surface area contributed by atoms with Gasteiger partial charge in [0.05, 0.1) is 17.2 Å². The quantitative estimate of drug-likeness (QED) is 0.709. The van der Waals surface area contributed by atoms with Crippen LogP contribution in [0.5, 0.6) is 0 Å². The fourth-order valence-corrected chi connectivity index (χ4v) is 4.89. The minimum atomic E-state index is -4.47. The van der Waals surface area contributed by atoms with Crippen LogP contribution in [0.2, 0.25) is 0 Å². The van der Waals surface area contributed by atoms with Crippen LogP contribution < -0.4 is 5.32 Å². The number of sulfonamides is 1. The fourth-order valence-electron chi connectivity index (χ4n) is 3.28. The van der Waals surface area contributed by atoms with Gasteiger partial charge in [0.1, 0.15) is 5.82 Å². The number of hydrogen-bond donors (Lipinski definition) is 1. The first-order chi connectivity index (χ1) is 14.0. The van der Waals surface area contributed by atoms with Gasteiger partial charge in [-0.05, 0) is 54.8 Å². The van der Waals surface area contributed by atoms with Gasteiger partial charge in [0.15, 0.2) is 0 Å². The normalized spacial score (nSPS) is 18.2. The number of carbonyl (C=O) groups excluding carboxylic acids is 1. The van der Waals surface area contributed by atoms with Crippen LogP contribution in [0.4, 0.5) is 23.2 Å². The molecule has 3 rings (SSSR count). The maximum atomic E-state index is 13.0. The lowest BCUT2D eigenvalue weighted by atomic mass is 9.98. The van der Waals surface area contributed by atoms with E-state index in [1.54, 1.807) is 0 Å². The maximum Gasteiger partial charge on any atom is 0.416 e. The number of anilines is 1. The van der Waals surface area contributed by atoms with Gasteiger partial charge in [0, 0.05) is 18.8 Å². The van der Waals surface area contributed by atoms with Gasteiger partial charge in [0.25, 0.3) is 0 Å². The maximum absolute atomic E-state index is 13.0. The number of amides is 1. The first kappa shape index (κ1) is 22.2. The second-order valence-corrected chi connectivity index (χ2v) is 9.11. The third kappa shape index (κ3) is 5.57. The van der Waals surface area contributed by atoms with Crippen molar-refractivity contribution in [3.63, 3.8) is 0 Å². The molecular weight excluding hydrogens is 424 g/mol. The highest BCUT2D eigenvalue weighted by Crippen LogP contribution is 2.30. The molecule has 0 aliphatic carbocycles. The number of rotatable bonds is 5. The average Bonchev–Trinajstić information content (AvgIpc) is 2.69. The number of nitrogens with zero attached hydrogens (tertiary/aromatic N) is 1. The van der Waals surface area contributed by atoms with Gasteiger partial charge >= 0.3 is 6.18 Å². The summed E-state index contributed by atoms with van der Waals surface area (Å²) in [6.07, 6.45) is -3.52. The zero-order chi connectivity index (χ0) is 21.9. The van der Waals surface area contributed by atoms with E-state index in [1.807, 2.05) is 0 Å². The highest BCUT2D eigenvalue weighted by molar-refractivity contribution is 7.88. The largest absolute Gasteiger partial charge is 0.416 e. The summed E-state index contributed by atoms with van der Waals surface area (Å²) in [5.41, 5.74) is -0.178. The summed E-state index contributed by atoms with van der Waals surface area (Å²) in [7, 11) is -3.70. The van der Waals surface area contributed by atoms with E-state index >= 15 is 0 Å². The van der Waals surface area contributed by atoms with Crippen LogP contribution >= 0.6 is 0 Å². The number of carbonyl (C=O) groups is 1. The Hall–Kier alpha value is -2.46. The van der Waals surface area contributed by atoms with Crippen molar-refractivity contribution in [2.75, 3.05) is 18.4 Å². The Labute approximate surface area is 171 Å². The van der Waals surface area contributed by atoms with Gasteiger partial charge in [-0.25, -0.2) is 17.1 Å². The molecule has 0 saturated carbocycles. The van der Waals surface area contributed by atoms with Crippen molar-refractivity contribution in [1.29, 1.82) is 0 Å². The molecule has 2 aromatic rings. The molecule has 1 fully saturated rings. The summed E-state index contributed by atoms with van der Waals surface area (Å²) in [4.78, 5) is 12.5. The summed E-state index contributed by atoms with van der Waals surface area (Å²) < 4.78 is 77.5. The van der Waals surface area contributed by atoms with Gasteiger partial charge < -0.3 is 5.32 Å². The molecule has 0 spiro atoms. The number of alkyl halides is 3. The molecule has 0 unspecified atom stereocenters. The van der Waals surface area contributed by atoms with Crippen LogP contribution in [0.3, 0.4) is 0 Å². The Balaban J connectivity index is 1.63. The van der Waals surface area contributed by atoms with Crippen molar-refractivity contribution in [3.05, 3.63) is 65.5 Å². The van der Waals surface area contributed by atoms with Gasteiger partial charge in [-0.3, -0.25) is 4.79 Å². The Morgan fingerprint density at radius 3 is 2.30 bits per heavy atom. The summed E-state index contributed by atoms with van der Waals surface area (Å²) in [6, 6.07) is 9.21. The van der Waals surface area contributed by atoms with E-state index in [9.17, 15) is 30.8 Å². The minimum absolute atomic E-state index is 0.0179. The number of piperidine rings is 1. The summed E-state index contributed by atoms with van der Waals surface area (Å²) in [6.45, 7) is 0.254. The highest BCUT2D eigenvalue weighted by atomic mass is 32.2. The van der Waals surface area contributed by atoms with Gasteiger partial charge in [-0.1, -0.05) is 12.1 Å². The first-order valence-corrected chi connectivity index (χ1v) is 10.9. The van der Waals surface area contributed by atoms with E-state index in [0.29, 0.717) is 18.4 Å². The average molecular weight is 444 g/mol. The Kier molecular flexibility index (Phi) is 6.47. The van der Waals surface area contributed by atoms with Gasteiger partial charge in [-0.2, -0.15) is 13.2 Å². The molecule has 1 N–H and O–H groups in total. The predicted octanol–water partition coefficient (Wildman–Crippen LogP) is 4.03. The van der Waals surface area contributed by atoms with Gasteiger partial charge in [-0.15, -0.1) is 0 Å². The SMILES string of the molecule is O=C(Nc1ccc(C(F)(F)F)cc1)[C@@H]1CCCN(S(=O)(=O)Cc2ccc(F)cc2)C1. The van der Waals surface area contributed by atoms with Crippen molar-refractivity contribution in [2.24, 2.45) is 5.92 Å². The molecule has 0 bridgehead atoms. The molecule has 1 aliphatic rings. The van der Waals surface area contributed by atoms with E-state index < -0.39 is 39.4 Å². The van der Waals surface area contributed by atoms with Crippen LogP contribution in [0.15, 0.2) is 48.5 Å². The third-order valence-electron chi connectivity index (χ3n) is 4.89. The molecule has 162 valence electrons. The molecule has 30 heavy (non-hydrogen) atoms. The molecule has 1 amide bonds. The van der Waals surface area contributed by atoms with Crippen molar-refractivity contribution in [2.45, 2.75) is 24.8 Å². The van der Waals surface area contributed by atoms with Crippen molar-refractivity contribution < 1.29 is 30.8 Å². The molecule has 2 aromatic carbocycles. The summed E-state index contributed by atoms with van der Waals surface area (Å²) >= 11 is 0. The standard InChI is InChI=1S/C20H20F4N2O3S/c21-17-7-3-14(4-8-17)13-30(28,29)26-11-1-2-15(12-26)19(27)25-18-9-5-16(6-10-18)20(22,23)24/h3-10,15H,1-2,11-13H2,(H,25,27)/t15-/m1/s1. The van der Waals surface area contributed by atoms with E-state index in [-0.39, 0.29) is 24.5 Å². The third-order valence-corrected chi connectivity index (χ3v) is 6.71. The lowest BCUT2D eigenvalue weighted by Gasteiger charge is -2.31. The van der Waals surface area contributed by atoms with Gasteiger partial charge in [0.2, 0.25) is 15.9 Å². The topological polar surface area (TPSA) is 66.5 Å². The second kappa shape index (κ2) is 8.73. The number of benzene rings is 2. The highest BCUT2D eigenvalue weighted by Gasteiger charge is 2.33. The molecule has 0 radical (unpaired) electrons. The molecule has 5 nitrogen and oxygen atoms in total. The number of hydrogen-bond acceptors (Lipinski definition) is 3. The van der Waals surface area contributed by atoms with E-state index in [4.69, 9.17) is 0 Å². The molecule has 1 aliphatic heterocycles. The Bertz CT molecular complexity index is 990. The predicted molar refractivity (Wildman–Crippen MR) is 103 cm³/mol. The number of nitrogens with one attached hydrogen (secondary N) is 1. The smallest absolute Gasteiger partial charge is 0.326 e. The summed E-state index contributed by atoms with van der Waals surface area (Å²) in [5, 5.41) is 2.55. The molecule has 1 heterocycles. The van der Waals surface area contributed by atoms with Crippen LogP contribution in [0, 0.1) is 11.7 Å². The lowest BCUT2D eigenvalue weighted by molar-refractivity contribution is -0.137. The van der Waals surface area contributed by atoms with E-state index in [2.05, 4.69) is 5.32 Å². The zero-order valence-electron chi connectivity index (χ0n) is 15.8. The minimum Gasteiger partial charge on any atom is -0.326 e. The van der Waals surface area contributed by atoms with E-state index in [1.165, 1.54) is 28.6 Å². The van der Waals surface area contributed by atoms with Crippen LogP contribution in [0.25, 0.3) is 0 Å². The molecule has 1 saturated heterocycles. The zero-order valence-corrected chi connectivity index (χ0v) is 16.6. The summed E-state index contributed by atoms with van der Waals surface area (Å²) in [5.74, 6) is -1.84. The second-order valence-electron chi connectivity index (χ2n) is 7.14. The van der Waals surface area contributed by atoms with Crippen LogP contribution in [-0.4, -0.2) is 31.7 Å². The monoisotopic (exact) mass is 444 g/mol. The van der Waals surface area contributed by atoms with Crippen molar-refractivity contribution in [1.82, 2.24) is 4.31 Å². The van der Waals surface area contributed by atoms with E-state index in [0.717, 1.165) is 24.3 Å². The Morgan fingerprint density at radius 2 is 1.70 bits per heavy atom.